The molecule has 0 bridgehead atoms. The highest BCUT2D eigenvalue weighted by Crippen LogP contribution is 2.50. The third-order valence-electron chi connectivity index (χ3n) is 10.1. The number of fused-ring (bicyclic) bond motifs is 5. The fourth-order valence-electron chi connectivity index (χ4n) is 8.12. The van der Waals surface area contributed by atoms with Crippen molar-refractivity contribution in [2.45, 2.75) is 12.0 Å². The van der Waals surface area contributed by atoms with Crippen molar-refractivity contribution in [3.05, 3.63) is 170 Å². The molecule has 0 N–H and O–H groups in total. The Morgan fingerprint density at radius 3 is 1.72 bits per heavy atom. The Labute approximate surface area is 272 Å². The van der Waals surface area contributed by atoms with E-state index in [2.05, 4.69) is 151 Å². The first-order valence-corrected chi connectivity index (χ1v) is 16.3. The van der Waals surface area contributed by atoms with Gasteiger partial charge in [-0.05, 0) is 89.3 Å². The number of aromatic nitrogens is 1. The highest BCUT2D eigenvalue weighted by molar-refractivity contribution is 6.26. The minimum Gasteiger partial charge on any atom is -0.485 e. The van der Waals surface area contributed by atoms with E-state index in [4.69, 9.17) is 4.74 Å². The van der Waals surface area contributed by atoms with E-state index in [0.29, 0.717) is 0 Å². The lowest BCUT2D eigenvalue weighted by Gasteiger charge is -2.32. The van der Waals surface area contributed by atoms with Gasteiger partial charge in [0.1, 0.15) is 11.9 Å². The minimum atomic E-state index is 0.0317. The van der Waals surface area contributed by atoms with Crippen LogP contribution in [-0.4, -0.2) is 11.1 Å². The average molecular weight is 600 g/mol. The Bertz CT molecular complexity index is 2560. The maximum atomic E-state index is 6.59. The second-order valence-electron chi connectivity index (χ2n) is 12.5. The lowest BCUT2D eigenvalue weighted by molar-refractivity contribution is 0.227. The fourth-order valence-corrected chi connectivity index (χ4v) is 8.12. The highest BCUT2D eigenvalue weighted by Gasteiger charge is 2.31. The summed E-state index contributed by atoms with van der Waals surface area (Å²) in [6.07, 6.45) is 12.5. The van der Waals surface area contributed by atoms with E-state index in [1.54, 1.807) is 0 Å². The Balaban J connectivity index is 1.28. The molecule has 220 valence electrons. The summed E-state index contributed by atoms with van der Waals surface area (Å²) in [7, 11) is 0. The quantitative estimate of drug-likeness (QED) is 0.189. The lowest BCUT2D eigenvalue weighted by Crippen LogP contribution is -2.27. The van der Waals surface area contributed by atoms with Crippen LogP contribution in [0.3, 0.4) is 0 Å². The zero-order valence-corrected chi connectivity index (χ0v) is 25.6. The molecule has 2 aliphatic rings. The molecule has 8 aromatic rings. The molecule has 2 nitrogen and oxygen atoms in total. The van der Waals surface area contributed by atoms with Crippen molar-refractivity contribution in [2.24, 2.45) is 0 Å². The van der Waals surface area contributed by atoms with Crippen LogP contribution in [0.5, 0.6) is 5.75 Å². The number of pyridine rings is 1. The minimum absolute atomic E-state index is 0.0317. The third-order valence-corrected chi connectivity index (χ3v) is 10.1. The number of benzene rings is 7. The summed E-state index contributed by atoms with van der Waals surface area (Å²) in [5.74, 6) is 1.18. The van der Waals surface area contributed by atoms with Gasteiger partial charge in [0, 0.05) is 29.3 Å². The number of rotatable bonds is 3. The normalized spacial score (nSPS) is 16.5. The first kappa shape index (κ1) is 26.2. The summed E-state index contributed by atoms with van der Waals surface area (Å²) >= 11 is 0. The molecule has 0 spiro atoms. The maximum absolute atomic E-state index is 6.59. The summed E-state index contributed by atoms with van der Waals surface area (Å²) < 4.78 is 6.59. The van der Waals surface area contributed by atoms with Crippen molar-refractivity contribution in [1.29, 1.82) is 0 Å². The predicted molar refractivity (Wildman–Crippen MR) is 196 cm³/mol. The molecule has 1 aliphatic carbocycles. The van der Waals surface area contributed by atoms with Gasteiger partial charge in [-0.15, -0.1) is 0 Å². The van der Waals surface area contributed by atoms with E-state index in [0.717, 1.165) is 11.3 Å². The van der Waals surface area contributed by atoms with Crippen molar-refractivity contribution in [3.63, 3.8) is 0 Å². The van der Waals surface area contributed by atoms with E-state index < -0.39 is 0 Å². The SMILES string of the molecule is C1=CC2Oc3ccc(-c4c5ccccc5c(-c5ccc(-c6cccnc6)c6ccccc56)c5ccccc45)c4cccc(c34)C2C=C1. The molecule has 7 aromatic carbocycles. The predicted octanol–water partition coefficient (Wildman–Crippen LogP) is 11.7. The Morgan fingerprint density at radius 1 is 0.468 bits per heavy atom. The molecule has 47 heavy (non-hydrogen) atoms. The smallest absolute Gasteiger partial charge is 0.128 e. The van der Waals surface area contributed by atoms with Crippen LogP contribution in [0.15, 0.2) is 164 Å². The van der Waals surface area contributed by atoms with E-state index in [9.17, 15) is 0 Å². The van der Waals surface area contributed by atoms with Gasteiger partial charge in [-0.1, -0.05) is 133 Å². The lowest BCUT2D eigenvalue weighted by atomic mass is 9.80. The fraction of sp³-hybridized carbons (Fsp3) is 0.0444. The summed E-state index contributed by atoms with van der Waals surface area (Å²) in [4.78, 5) is 4.42. The first-order chi connectivity index (χ1) is 23.3. The van der Waals surface area contributed by atoms with Crippen LogP contribution in [0, 0.1) is 0 Å². The molecule has 0 fully saturated rings. The van der Waals surface area contributed by atoms with Crippen LogP contribution in [0.25, 0.3) is 76.5 Å². The number of ether oxygens (including phenoxy) is 1. The van der Waals surface area contributed by atoms with Gasteiger partial charge < -0.3 is 4.74 Å². The Hall–Kier alpha value is -5.99. The summed E-state index contributed by atoms with van der Waals surface area (Å²) in [6.45, 7) is 0. The molecule has 0 amide bonds. The van der Waals surface area contributed by atoms with Gasteiger partial charge in [-0.3, -0.25) is 4.98 Å². The second-order valence-corrected chi connectivity index (χ2v) is 12.5. The molecule has 1 aromatic heterocycles. The molecular weight excluding hydrogens is 571 g/mol. The van der Waals surface area contributed by atoms with Crippen molar-refractivity contribution in [3.8, 4) is 39.1 Å². The van der Waals surface area contributed by atoms with Crippen LogP contribution in [0.1, 0.15) is 11.5 Å². The standard InChI is InChI=1S/C45H29NO/c1-2-13-31-30(12-1)29(28-11-10-26-46-27-28)22-23-39(31)43-34-15-3-5-17-36(34)44(37-18-6-4-16-35(37)43)40-24-25-42-45-33(19-9-20-38(40)45)32-14-7-8-21-41(32)47-42/h1-27,32,41H. The van der Waals surface area contributed by atoms with Crippen molar-refractivity contribution >= 4 is 43.1 Å². The molecule has 0 saturated heterocycles. The van der Waals surface area contributed by atoms with Crippen molar-refractivity contribution in [1.82, 2.24) is 4.98 Å². The summed E-state index contributed by atoms with van der Waals surface area (Å²) in [6, 6.07) is 46.6. The molecule has 0 saturated carbocycles. The van der Waals surface area contributed by atoms with Gasteiger partial charge in [0.2, 0.25) is 0 Å². The van der Waals surface area contributed by atoms with Gasteiger partial charge >= 0.3 is 0 Å². The third kappa shape index (κ3) is 3.88. The van der Waals surface area contributed by atoms with Crippen LogP contribution in [-0.2, 0) is 0 Å². The average Bonchev–Trinajstić information content (AvgIpc) is 3.14. The zero-order valence-electron chi connectivity index (χ0n) is 25.6. The van der Waals surface area contributed by atoms with E-state index >= 15 is 0 Å². The van der Waals surface area contributed by atoms with Gasteiger partial charge in [0.05, 0.1) is 0 Å². The van der Waals surface area contributed by atoms with E-state index in [1.165, 1.54) is 76.5 Å². The molecule has 10 rings (SSSR count). The van der Waals surface area contributed by atoms with E-state index in [1.807, 2.05) is 18.5 Å². The molecule has 2 atom stereocenters. The molecule has 0 radical (unpaired) electrons. The molecule has 1 aliphatic heterocycles. The van der Waals surface area contributed by atoms with Crippen molar-refractivity contribution < 1.29 is 4.74 Å². The monoisotopic (exact) mass is 599 g/mol. The molecule has 2 unspecified atom stereocenters. The number of allylic oxidation sites excluding steroid dienone is 2. The van der Waals surface area contributed by atoms with Crippen LogP contribution in [0.2, 0.25) is 0 Å². The largest absolute Gasteiger partial charge is 0.485 e. The molecule has 2 heteroatoms. The Kier molecular flexibility index (Phi) is 5.73. The van der Waals surface area contributed by atoms with Crippen LogP contribution in [0.4, 0.5) is 0 Å². The number of nitrogens with zero attached hydrogens (tertiary/aromatic N) is 1. The van der Waals surface area contributed by atoms with Gasteiger partial charge in [-0.2, -0.15) is 0 Å². The molecular formula is C45H29NO. The number of hydrogen-bond donors (Lipinski definition) is 0. The number of hydrogen-bond acceptors (Lipinski definition) is 2. The topological polar surface area (TPSA) is 22.1 Å². The molecule has 2 heterocycles. The van der Waals surface area contributed by atoms with Crippen LogP contribution >= 0.6 is 0 Å². The van der Waals surface area contributed by atoms with Crippen LogP contribution < -0.4 is 4.74 Å². The second kappa shape index (κ2) is 10.3. The highest BCUT2D eigenvalue weighted by atomic mass is 16.5. The summed E-state index contributed by atoms with van der Waals surface area (Å²) in [5.41, 5.74) is 8.65. The van der Waals surface area contributed by atoms with Crippen molar-refractivity contribution in [2.75, 3.05) is 0 Å². The van der Waals surface area contributed by atoms with E-state index in [-0.39, 0.29) is 12.0 Å². The first-order valence-electron chi connectivity index (χ1n) is 16.3. The van der Waals surface area contributed by atoms with Gasteiger partial charge in [-0.25, -0.2) is 0 Å². The van der Waals surface area contributed by atoms with Gasteiger partial charge in [0.25, 0.3) is 0 Å². The Morgan fingerprint density at radius 2 is 1.04 bits per heavy atom. The maximum Gasteiger partial charge on any atom is 0.128 e. The summed E-state index contributed by atoms with van der Waals surface area (Å²) in [5, 5.41) is 9.91. The van der Waals surface area contributed by atoms with Gasteiger partial charge in [0.15, 0.2) is 0 Å². The zero-order chi connectivity index (χ0) is 30.9.